The number of benzene rings is 1. The predicted octanol–water partition coefficient (Wildman–Crippen LogP) is 2.10. The molecule has 0 aliphatic carbocycles. The van der Waals surface area contributed by atoms with E-state index in [-0.39, 0.29) is 10.6 Å². The Morgan fingerprint density at radius 2 is 1.80 bits per heavy atom. The average Bonchev–Trinajstić information content (AvgIpc) is 2.41. The Labute approximate surface area is 115 Å². The normalized spacial score (nSPS) is 11.1. The van der Waals surface area contributed by atoms with Crippen LogP contribution < -0.4 is 4.72 Å². The third kappa shape index (κ3) is 3.09. The second-order valence-corrected chi connectivity index (χ2v) is 5.73. The molecule has 1 N–H and O–H groups in total. The van der Waals surface area contributed by atoms with Gasteiger partial charge in [0.15, 0.2) is 0 Å². The Balaban J connectivity index is 2.26. The Bertz CT molecular complexity index is 724. The van der Waals surface area contributed by atoms with Crippen LogP contribution in [0.3, 0.4) is 0 Å². The van der Waals surface area contributed by atoms with Gasteiger partial charge in [-0.15, -0.1) is 0 Å². The maximum atomic E-state index is 12.1. The van der Waals surface area contributed by atoms with Crippen LogP contribution in [-0.4, -0.2) is 18.3 Å². The van der Waals surface area contributed by atoms with Crippen molar-refractivity contribution < 1.29 is 13.3 Å². The fraction of sp³-hybridized carbons (Fsp3) is 0.0833. The van der Waals surface area contributed by atoms with Gasteiger partial charge < -0.3 is 0 Å². The molecule has 0 unspecified atom stereocenters. The molecular formula is C12H11N3O4S. The van der Waals surface area contributed by atoms with E-state index in [1.54, 1.807) is 19.1 Å². The van der Waals surface area contributed by atoms with Crippen molar-refractivity contribution in [2.75, 3.05) is 4.72 Å². The van der Waals surface area contributed by atoms with Gasteiger partial charge in [0.25, 0.3) is 15.7 Å². The highest BCUT2D eigenvalue weighted by Gasteiger charge is 2.16. The van der Waals surface area contributed by atoms with Crippen LogP contribution in [-0.2, 0) is 10.0 Å². The van der Waals surface area contributed by atoms with E-state index in [1.807, 2.05) is 0 Å². The van der Waals surface area contributed by atoms with Gasteiger partial charge in [0.1, 0.15) is 0 Å². The van der Waals surface area contributed by atoms with Crippen LogP contribution in [0.15, 0.2) is 47.5 Å². The maximum Gasteiger partial charge on any atom is 0.269 e. The summed E-state index contributed by atoms with van der Waals surface area (Å²) in [5, 5.41) is 10.5. The smallest absolute Gasteiger partial charge is 0.269 e. The Kier molecular flexibility index (Phi) is 3.66. The summed E-state index contributed by atoms with van der Waals surface area (Å²) in [5.41, 5.74) is 0.929. The summed E-state index contributed by atoms with van der Waals surface area (Å²) < 4.78 is 26.5. The van der Waals surface area contributed by atoms with Gasteiger partial charge in [-0.3, -0.25) is 19.8 Å². The van der Waals surface area contributed by atoms with Crippen molar-refractivity contribution in [3.05, 3.63) is 58.4 Å². The lowest BCUT2D eigenvalue weighted by molar-refractivity contribution is -0.384. The maximum absolute atomic E-state index is 12.1. The van der Waals surface area contributed by atoms with Crippen molar-refractivity contribution in [2.24, 2.45) is 0 Å². The number of anilines is 1. The number of aryl methyl sites for hydroxylation is 1. The molecule has 20 heavy (non-hydrogen) atoms. The van der Waals surface area contributed by atoms with Crippen molar-refractivity contribution in [2.45, 2.75) is 11.8 Å². The van der Waals surface area contributed by atoms with Crippen LogP contribution in [0.1, 0.15) is 5.69 Å². The van der Waals surface area contributed by atoms with E-state index in [2.05, 4.69) is 9.71 Å². The Morgan fingerprint density at radius 1 is 1.15 bits per heavy atom. The highest BCUT2D eigenvalue weighted by molar-refractivity contribution is 7.92. The number of nitro groups is 1. The minimum Gasteiger partial charge on any atom is -0.278 e. The number of hydrogen-bond acceptors (Lipinski definition) is 5. The first-order chi connectivity index (χ1) is 9.38. The quantitative estimate of drug-likeness (QED) is 0.687. The van der Waals surface area contributed by atoms with Crippen LogP contribution in [0, 0.1) is 17.0 Å². The molecule has 0 radical (unpaired) electrons. The van der Waals surface area contributed by atoms with Gasteiger partial charge in [-0.05, 0) is 31.2 Å². The minimum atomic E-state index is -3.78. The van der Waals surface area contributed by atoms with E-state index in [4.69, 9.17) is 0 Å². The molecule has 1 aromatic heterocycles. The molecule has 0 amide bonds. The summed E-state index contributed by atoms with van der Waals surface area (Å²) in [7, 11) is -3.78. The van der Waals surface area contributed by atoms with Crippen LogP contribution >= 0.6 is 0 Å². The van der Waals surface area contributed by atoms with Gasteiger partial charge in [0.2, 0.25) is 0 Å². The summed E-state index contributed by atoms with van der Waals surface area (Å²) in [4.78, 5) is 13.9. The van der Waals surface area contributed by atoms with Crippen molar-refractivity contribution in [3.8, 4) is 0 Å². The first-order valence-corrected chi connectivity index (χ1v) is 7.07. The number of hydrogen-bond donors (Lipinski definition) is 1. The lowest BCUT2D eigenvalue weighted by Crippen LogP contribution is -2.13. The number of non-ortho nitro benzene ring substituents is 1. The molecule has 0 aliphatic rings. The number of nitrogens with zero attached hydrogens (tertiary/aromatic N) is 2. The lowest BCUT2D eigenvalue weighted by Gasteiger charge is -2.07. The van der Waals surface area contributed by atoms with Crippen LogP contribution in [0.25, 0.3) is 0 Å². The summed E-state index contributed by atoms with van der Waals surface area (Å²) >= 11 is 0. The van der Waals surface area contributed by atoms with Crippen molar-refractivity contribution >= 4 is 21.4 Å². The molecule has 0 fully saturated rings. The van der Waals surface area contributed by atoms with Crippen molar-refractivity contribution in [3.63, 3.8) is 0 Å². The first-order valence-electron chi connectivity index (χ1n) is 5.58. The standard InChI is InChI=1S/C12H11N3O4S/c1-9-2-3-10(8-13-9)14-20(18,19)12-6-4-11(5-7-12)15(16)17/h2-8,14H,1H3. The van der Waals surface area contributed by atoms with Gasteiger partial charge >= 0.3 is 0 Å². The zero-order valence-corrected chi connectivity index (χ0v) is 11.3. The third-order valence-electron chi connectivity index (χ3n) is 2.52. The fourth-order valence-electron chi connectivity index (χ4n) is 1.49. The molecular weight excluding hydrogens is 282 g/mol. The molecule has 0 saturated heterocycles. The topological polar surface area (TPSA) is 102 Å². The van der Waals surface area contributed by atoms with Crippen LogP contribution in [0.2, 0.25) is 0 Å². The second kappa shape index (κ2) is 5.25. The summed E-state index contributed by atoms with van der Waals surface area (Å²) in [5.74, 6) is 0. The molecule has 1 heterocycles. The number of nitro benzene ring substituents is 1. The van der Waals surface area contributed by atoms with Crippen molar-refractivity contribution in [1.82, 2.24) is 4.98 Å². The molecule has 8 heteroatoms. The van der Waals surface area contributed by atoms with Crippen molar-refractivity contribution in [1.29, 1.82) is 0 Å². The molecule has 2 aromatic rings. The fourth-order valence-corrected chi connectivity index (χ4v) is 2.53. The number of aromatic nitrogens is 1. The van der Waals surface area contributed by atoms with Gasteiger partial charge in [0, 0.05) is 17.8 Å². The lowest BCUT2D eigenvalue weighted by atomic mass is 10.3. The number of sulfonamides is 1. The molecule has 104 valence electrons. The number of rotatable bonds is 4. The largest absolute Gasteiger partial charge is 0.278 e. The zero-order valence-electron chi connectivity index (χ0n) is 10.5. The molecule has 7 nitrogen and oxygen atoms in total. The zero-order chi connectivity index (χ0) is 14.8. The van der Waals surface area contributed by atoms with Gasteiger partial charge in [-0.2, -0.15) is 0 Å². The average molecular weight is 293 g/mol. The van der Waals surface area contributed by atoms with Crippen LogP contribution in [0.5, 0.6) is 0 Å². The molecule has 0 saturated carbocycles. The molecule has 0 bridgehead atoms. The van der Waals surface area contributed by atoms with Crippen LogP contribution in [0.4, 0.5) is 11.4 Å². The Hall–Kier alpha value is -2.48. The predicted molar refractivity (Wildman–Crippen MR) is 72.9 cm³/mol. The second-order valence-electron chi connectivity index (χ2n) is 4.04. The van der Waals surface area contributed by atoms with E-state index >= 15 is 0 Å². The molecule has 1 aromatic carbocycles. The van der Waals surface area contributed by atoms with Gasteiger partial charge in [-0.1, -0.05) is 0 Å². The van der Waals surface area contributed by atoms with E-state index in [9.17, 15) is 18.5 Å². The summed E-state index contributed by atoms with van der Waals surface area (Å²) in [6.07, 6.45) is 1.40. The molecule has 0 aliphatic heterocycles. The first kappa shape index (κ1) is 13.9. The van der Waals surface area contributed by atoms with E-state index < -0.39 is 14.9 Å². The highest BCUT2D eigenvalue weighted by Crippen LogP contribution is 2.18. The van der Waals surface area contributed by atoms with E-state index in [1.165, 1.54) is 18.3 Å². The molecule has 0 spiro atoms. The number of pyridine rings is 1. The van der Waals surface area contributed by atoms with Gasteiger partial charge in [0.05, 0.1) is 21.7 Å². The van der Waals surface area contributed by atoms with E-state index in [0.29, 0.717) is 5.69 Å². The monoisotopic (exact) mass is 293 g/mol. The third-order valence-corrected chi connectivity index (χ3v) is 3.92. The Morgan fingerprint density at radius 3 is 2.30 bits per heavy atom. The summed E-state index contributed by atoms with van der Waals surface area (Å²) in [6, 6.07) is 7.91. The molecule has 0 atom stereocenters. The SMILES string of the molecule is Cc1ccc(NS(=O)(=O)c2ccc([N+](=O)[O-])cc2)cn1. The number of nitrogens with one attached hydrogen (secondary N) is 1. The van der Waals surface area contributed by atoms with E-state index in [0.717, 1.165) is 17.8 Å². The molecule has 2 rings (SSSR count). The highest BCUT2D eigenvalue weighted by atomic mass is 32.2. The summed E-state index contributed by atoms with van der Waals surface area (Å²) in [6.45, 7) is 1.79. The van der Waals surface area contributed by atoms with Gasteiger partial charge in [-0.25, -0.2) is 8.42 Å². The minimum absolute atomic E-state index is 0.0522.